The second kappa shape index (κ2) is 4.53. The van der Waals surface area contributed by atoms with Gasteiger partial charge in [-0.3, -0.25) is 0 Å². The van der Waals surface area contributed by atoms with E-state index < -0.39 is 5.97 Å². The third kappa shape index (κ3) is 1.92. The first-order valence-corrected chi connectivity index (χ1v) is 6.63. The number of methoxy groups -OCH3 is 1. The van der Waals surface area contributed by atoms with Gasteiger partial charge in [0.05, 0.1) is 12.0 Å². The summed E-state index contributed by atoms with van der Waals surface area (Å²) in [4.78, 5) is 13.6. The van der Waals surface area contributed by atoms with Crippen LogP contribution in [0.5, 0.6) is 0 Å². The SMILES string of the molecule is COC(=O)c1nnc(-c2cc3c(s2)CCCC3)o1. The first-order chi connectivity index (χ1) is 8.78. The molecule has 0 fully saturated rings. The van der Waals surface area contributed by atoms with Gasteiger partial charge in [-0.2, -0.15) is 0 Å². The van der Waals surface area contributed by atoms with Crippen LogP contribution < -0.4 is 0 Å². The van der Waals surface area contributed by atoms with Gasteiger partial charge in [0, 0.05) is 4.88 Å². The minimum Gasteiger partial charge on any atom is -0.462 e. The third-order valence-corrected chi connectivity index (χ3v) is 4.22. The molecule has 3 rings (SSSR count). The highest BCUT2D eigenvalue weighted by Crippen LogP contribution is 2.35. The van der Waals surface area contributed by atoms with Crippen LogP contribution in [0.3, 0.4) is 0 Å². The van der Waals surface area contributed by atoms with Crippen molar-refractivity contribution in [3.8, 4) is 10.8 Å². The maximum atomic E-state index is 11.2. The van der Waals surface area contributed by atoms with E-state index in [0.29, 0.717) is 5.89 Å². The van der Waals surface area contributed by atoms with Crippen molar-refractivity contribution in [3.63, 3.8) is 0 Å². The maximum absolute atomic E-state index is 11.2. The number of hydrogen-bond donors (Lipinski definition) is 0. The van der Waals surface area contributed by atoms with Gasteiger partial charge < -0.3 is 9.15 Å². The van der Waals surface area contributed by atoms with Crippen LogP contribution in [0.1, 0.15) is 34.0 Å². The Morgan fingerprint density at radius 3 is 3.00 bits per heavy atom. The molecule has 0 saturated carbocycles. The lowest BCUT2D eigenvalue weighted by molar-refractivity contribution is 0.0557. The Morgan fingerprint density at radius 1 is 1.39 bits per heavy atom. The molecule has 0 unspecified atom stereocenters. The van der Waals surface area contributed by atoms with Gasteiger partial charge in [0.25, 0.3) is 5.89 Å². The van der Waals surface area contributed by atoms with E-state index in [1.807, 2.05) is 0 Å². The van der Waals surface area contributed by atoms with Crippen molar-refractivity contribution >= 4 is 17.3 Å². The second-order valence-corrected chi connectivity index (χ2v) is 5.31. The minimum atomic E-state index is -0.602. The number of aryl methyl sites for hydroxylation is 2. The Kier molecular flexibility index (Phi) is 2.87. The smallest absolute Gasteiger partial charge is 0.396 e. The number of thiophene rings is 1. The zero-order valence-corrected chi connectivity index (χ0v) is 10.7. The molecular weight excluding hydrogens is 252 g/mol. The van der Waals surface area contributed by atoms with Gasteiger partial charge in [0.2, 0.25) is 0 Å². The van der Waals surface area contributed by atoms with Crippen molar-refractivity contribution in [2.45, 2.75) is 25.7 Å². The molecule has 0 aromatic carbocycles. The number of rotatable bonds is 2. The van der Waals surface area contributed by atoms with Crippen LogP contribution in [0, 0.1) is 0 Å². The van der Waals surface area contributed by atoms with Crippen molar-refractivity contribution in [2.75, 3.05) is 7.11 Å². The Morgan fingerprint density at radius 2 is 2.22 bits per heavy atom. The van der Waals surface area contributed by atoms with Crippen LogP contribution in [-0.2, 0) is 17.6 Å². The molecule has 5 nitrogen and oxygen atoms in total. The molecule has 0 spiro atoms. The van der Waals surface area contributed by atoms with Crippen LogP contribution >= 0.6 is 11.3 Å². The minimum absolute atomic E-state index is 0.0983. The predicted molar refractivity (Wildman–Crippen MR) is 65.6 cm³/mol. The van der Waals surface area contributed by atoms with Crippen molar-refractivity contribution in [2.24, 2.45) is 0 Å². The fraction of sp³-hybridized carbons (Fsp3) is 0.417. The zero-order valence-electron chi connectivity index (χ0n) is 9.93. The highest BCUT2D eigenvalue weighted by atomic mass is 32.1. The van der Waals surface area contributed by atoms with E-state index in [-0.39, 0.29) is 5.89 Å². The lowest BCUT2D eigenvalue weighted by Crippen LogP contribution is -2.00. The summed E-state index contributed by atoms with van der Waals surface area (Å²) < 4.78 is 9.85. The van der Waals surface area contributed by atoms with Crippen molar-refractivity contribution in [1.82, 2.24) is 10.2 Å². The molecule has 1 aliphatic carbocycles. The summed E-state index contributed by atoms with van der Waals surface area (Å²) in [6.07, 6.45) is 4.71. The van der Waals surface area contributed by atoms with E-state index in [4.69, 9.17) is 4.42 Å². The van der Waals surface area contributed by atoms with Gasteiger partial charge in [0.15, 0.2) is 0 Å². The molecule has 2 aromatic heterocycles. The van der Waals surface area contributed by atoms with Gasteiger partial charge >= 0.3 is 11.9 Å². The second-order valence-electron chi connectivity index (χ2n) is 4.17. The van der Waals surface area contributed by atoms with Crippen LogP contribution in [0.2, 0.25) is 0 Å². The van der Waals surface area contributed by atoms with Crippen molar-refractivity contribution in [1.29, 1.82) is 0 Å². The number of fused-ring (bicyclic) bond motifs is 1. The lowest BCUT2D eigenvalue weighted by Gasteiger charge is -2.08. The third-order valence-electron chi connectivity index (χ3n) is 2.99. The summed E-state index contributed by atoms with van der Waals surface area (Å²) in [6.45, 7) is 0. The molecule has 0 saturated heterocycles. The van der Waals surface area contributed by atoms with Crippen LogP contribution in [0.25, 0.3) is 10.8 Å². The molecule has 2 aromatic rings. The molecule has 6 heteroatoms. The van der Waals surface area contributed by atoms with Crippen LogP contribution in [0.4, 0.5) is 0 Å². The van der Waals surface area contributed by atoms with Gasteiger partial charge in [0.1, 0.15) is 0 Å². The number of esters is 1. The van der Waals surface area contributed by atoms with Gasteiger partial charge in [-0.05, 0) is 37.3 Å². The number of nitrogens with zero attached hydrogens (tertiary/aromatic N) is 2. The Hall–Kier alpha value is -1.69. The highest BCUT2D eigenvalue weighted by molar-refractivity contribution is 7.15. The molecule has 0 atom stereocenters. The topological polar surface area (TPSA) is 65.2 Å². The molecular formula is C12H12N2O3S. The van der Waals surface area contributed by atoms with Crippen LogP contribution in [-0.4, -0.2) is 23.3 Å². The molecule has 18 heavy (non-hydrogen) atoms. The normalized spacial score (nSPS) is 14.3. The van der Waals surface area contributed by atoms with E-state index in [2.05, 4.69) is 21.0 Å². The summed E-state index contributed by atoms with van der Waals surface area (Å²) in [6, 6.07) is 2.09. The molecule has 2 heterocycles. The lowest BCUT2D eigenvalue weighted by atomic mass is 9.99. The first kappa shape index (κ1) is 11.4. The molecule has 94 valence electrons. The summed E-state index contributed by atoms with van der Waals surface area (Å²) in [7, 11) is 1.29. The quantitative estimate of drug-likeness (QED) is 0.779. The van der Waals surface area contributed by atoms with E-state index in [1.54, 1.807) is 11.3 Å². The number of carbonyl (C=O) groups is 1. The van der Waals surface area contributed by atoms with Gasteiger partial charge in [-0.25, -0.2) is 4.79 Å². The molecule has 0 N–H and O–H groups in total. The van der Waals surface area contributed by atoms with E-state index >= 15 is 0 Å². The largest absolute Gasteiger partial charge is 0.462 e. The fourth-order valence-electron chi connectivity index (χ4n) is 2.09. The molecule has 0 radical (unpaired) electrons. The summed E-state index contributed by atoms with van der Waals surface area (Å²) in [5, 5.41) is 7.58. The van der Waals surface area contributed by atoms with Crippen molar-refractivity contribution < 1.29 is 13.9 Å². The number of ether oxygens (including phenoxy) is 1. The molecule has 0 amide bonds. The zero-order chi connectivity index (χ0) is 12.5. The molecule has 0 aliphatic heterocycles. The highest BCUT2D eigenvalue weighted by Gasteiger charge is 2.20. The Labute approximate surface area is 108 Å². The predicted octanol–water partition coefficient (Wildman–Crippen LogP) is 2.46. The van der Waals surface area contributed by atoms with Gasteiger partial charge in [-0.1, -0.05) is 0 Å². The monoisotopic (exact) mass is 264 g/mol. The standard InChI is InChI=1S/C12H12N2O3S/c1-16-12(15)11-14-13-10(17-11)9-6-7-4-2-3-5-8(7)18-9/h6H,2-5H2,1H3. The number of carbonyl (C=O) groups excluding carboxylic acids is 1. The van der Waals surface area contributed by atoms with E-state index in [1.165, 1.54) is 30.4 Å². The summed E-state index contributed by atoms with van der Waals surface area (Å²) in [5.74, 6) is -0.302. The van der Waals surface area contributed by atoms with Crippen LogP contribution in [0.15, 0.2) is 10.5 Å². The Bertz CT molecular complexity index is 564. The first-order valence-electron chi connectivity index (χ1n) is 5.81. The molecule has 0 bridgehead atoms. The maximum Gasteiger partial charge on any atom is 0.396 e. The van der Waals surface area contributed by atoms with E-state index in [0.717, 1.165) is 17.7 Å². The summed E-state index contributed by atoms with van der Waals surface area (Å²) in [5.41, 5.74) is 1.37. The van der Waals surface area contributed by atoms with Crippen molar-refractivity contribution in [3.05, 3.63) is 22.4 Å². The average Bonchev–Trinajstić information content (AvgIpc) is 3.03. The number of hydrogen-bond acceptors (Lipinski definition) is 6. The molecule has 1 aliphatic rings. The average molecular weight is 264 g/mol. The number of aromatic nitrogens is 2. The Balaban J connectivity index is 1.92. The van der Waals surface area contributed by atoms with E-state index in [9.17, 15) is 4.79 Å². The van der Waals surface area contributed by atoms with Gasteiger partial charge in [-0.15, -0.1) is 21.5 Å². The fourth-order valence-corrected chi connectivity index (χ4v) is 3.26. The summed E-state index contributed by atoms with van der Waals surface area (Å²) >= 11 is 1.67.